The van der Waals surface area contributed by atoms with Gasteiger partial charge in [0.2, 0.25) is 11.8 Å². The molecule has 2 fully saturated rings. The minimum absolute atomic E-state index is 0.161. The van der Waals surface area contributed by atoms with Crippen molar-refractivity contribution in [2.24, 2.45) is 5.41 Å². The second-order valence-corrected chi connectivity index (χ2v) is 13.5. The third kappa shape index (κ3) is 6.28. The van der Waals surface area contributed by atoms with Gasteiger partial charge in [-0.25, -0.2) is 9.18 Å². The maximum Gasteiger partial charge on any atom is 0.350 e. The van der Waals surface area contributed by atoms with Crippen molar-refractivity contribution in [3.8, 4) is 5.75 Å². The summed E-state index contributed by atoms with van der Waals surface area (Å²) in [7, 11) is 0. The van der Waals surface area contributed by atoms with Gasteiger partial charge in [-0.2, -0.15) is 0 Å². The minimum atomic E-state index is -1.57. The fourth-order valence-corrected chi connectivity index (χ4v) is 6.05. The molecule has 0 aliphatic carbocycles. The third-order valence-corrected chi connectivity index (χ3v) is 8.42. The van der Waals surface area contributed by atoms with Gasteiger partial charge < -0.3 is 20.1 Å². The van der Waals surface area contributed by atoms with Crippen LogP contribution in [0.25, 0.3) is 0 Å². The Morgan fingerprint density at radius 1 is 1.11 bits per heavy atom. The van der Waals surface area contributed by atoms with Crippen LogP contribution in [0.15, 0.2) is 71.4 Å². The molecule has 7 nitrogen and oxygen atoms in total. The van der Waals surface area contributed by atoms with Crippen LogP contribution < -0.4 is 15.4 Å². The summed E-state index contributed by atoms with van der Waals surface area (Å²) in [6.45, 7) is 16.3. The first-order valence-electron chi connectivity index (χ1n) is 14.2. The molecule has 2 aromatic carbocycles. The Morgan fingerprint density at radius 3 is 2.43 bits per heavy atom. The summed E-state index contributed by atoms with van der Waals surface area (Å²) in [4.78, 5) is 41.0. The molecule has 2 N–H and O–H groups in total. The average molecular weight is 644 g/mol. The van der Waals surface area contributed by atoms with Crippen molar-refractivity contribution < 1.29 is 28.2 Å². The number of carbonyl (C=O) groups is 3. The largest absolute Gasteiger partial charge is 0.476 e. The van der Waals surface area contributed by atoms with Gasteiger partial charge in [-0.15, -0.1) is 0 Å². The van der Waals surface area contributed by atoms with Crippen molar-refractivity contribution in [3.63, 3.8) is 0 Å². The number of hydrogen-bond acceptors (Lipinski definition) is 5. The fraction of sp³-hybridized carbons (Fsp3) is 0.382. The van der Waals surface area contributed by atoms with Gasteiger partial charge in [-0.1, -0.05) is 41.9 Å². The molecular weight excluding hydrogens is 606 g/mol. The van der Waals surface area contributed by atoms with Crippen molar-refractivity contribution >= 4 is 41.0 Å². The van der Waals surface area contributed by atoms with E-state index in [1.165, 1.54) is 12.1 Å². The standard InChI is InChI=1S/C34H37Cl2FN2O5/c1-9-20(35)15-26-19(3)34(30(41)38-26)25(17-28(40)39-29(34)23-16-22(37)12-10-18(23)2)24-14-21(36)11-13-27(24)43-33(7,8)31(42)44-32(4,5)6/h9-16,25,29H,3,17H2,1-2,4-8H3,(H,38,41)(H,39,40)/b20-9+,26-15+/t25-,29+,34-/m1/s1. The Kier molecular flexibility index (Phi) is 9.11. The lowest BCUT2D eigenvalue weighted by Crippen LogP contribution is -2.55. The molecule has 44 heavy (non-hydrogen) atoms. The van der Waals surface area contributed by atoms with Crippen LogP contribution in [0.5, 0.6) is 5.75 Å². The van der Waals surface area contributed by atoms with E-state index in [1.807, 2.05) is 0 Å². The number of halogens is 3. The van der Waals surface area contributed by atoms with E-state index in [4.69, 9.17) is 32.7 Å². The normalized spacial score (nSPS) is 23.5. The molecule has 234 valence electrons. The topological polar surface area (TPSA) is 93.7 Å². The lowest BCUT2D eigenvalue weighted by atomic mass is 9.58. The van der Waals surface area contributed by atoms with Gasteiger partial charge in [0.05, 0.1) is 6.04 Å². The van der Waals surface area contributed by atoms with Gasteiger partial charge in [0.1, 0.15) is 22.6 Å². The Labute approximate surface area is 267 Å². The van der Waals surface area contributed by atoms with E-state index in [9.17, 15) is 18.8 Å². The number of allylic oxidation sites excluding steroid dienone is 4. The molecule has 4 rings (SSSR count). The number of esters is 1. The van der Waals surface area contributed by atoms with Crippen LogP contribution in [0, 0.1) is 18.2 Å². The number of rotatable bonds is 6. The molecule has 0 unspecified atom stereocenters. The van der Waals surface area contributed by atoms with Gasteiger partial charge in [0.15, 0.2) is 5.60 Å². The maximum atomic E-state index is 14.7. The SMILES string of the molecule is C=C1/C(=C\C(Cl)=C/C)NC(=O)[C@@]12[C@@H](c1cc(Cl)ccc1OC(C)(C)C(=O)OC(C)(C)C)CC(=O)N[C@H]2c1cc(F)ccc1C. The highest BCUT2D eigenvalue weighted by Crippen LogP contribution is 2.60. The van der Waals surface area contributed by atoms with Crippen molar-refractivity contribution in [2.75, 3.05) is 0 Å². The number of carbonyl (C=O) groups excluding carboxylic acids is 3. The van der Waals surface area contributed by atoms with Gasteiger partial charge in [0.25, 0.3) is 0 Å². The number of nitrogens with one attached hydrogen (secondary N) is 2. The van der Waals surface area contributed by atoms with Crippen LogP contribution in [-0.4, -0.2) is 29.0 Å². The Hall–Kier alpha value is -3.62. The van der Waals surface area contributed by atoms with Crippen LogP contribution in [0.2, 0.25) is 5.02 Å². The molecule has 0 bridgehead atoms. The molecule has 2 aliphatic rings. The number of hydrogen-bond donors (Lipinski definition) is 2. The average Bonchev–Trinajstić information content (AvgIpc) is 3.16. The molecule has 0 aromatic heterocycles. The van der Waals surface area contributed by atoms with Crippen LogP contribution in [0.1, 0.15) is 76.6 Å². The van der Waals surface area contributed by atoms with E-state index < -0.39 is 46.3 Å². The smallest absolute Gasteiger partial charge is 0.350 e. The lowest BCUT2D eigenvalue weighted by Gasteiger charge is -2.47. The molecule has 2 saturated heterocycles. The van der Waals surface area contributed by atoms with E-state index in [1.54, 1.807) is 84.9 Å². The van der Waals surface area contributed by atoms with Crippen LogP contribution in [0.4, 0.5) is 4.39 Å². The van der Waals surface area contributed by atoms with E-state index in [0.29, 0.717) is 38.0 Å². The van der Waals surface area contributed by atoms with Crippen molar-refractivity contribution in [3.05, 3.63) is 99.0 Å². The Bertz CT molecular complexity index is 1610. The molecule has 10 heteroatoms. The second-order valence-electron chi connectivity index (χ2n) is 12.6. The second kappa shape index (κ2) is 12.1. The first-order chi connectivity index (χ1) is 20.4. The summed E-state index contributed by atoms with van der Waals surface area (Å²) < 4.78 is 26.6. The van der Waals surface area contributed by atoms with E-state index in [2.05, 4.69) is 17.2 Å². The zero-order valence-electron chi connectivity index (χ0n) is 25.9. The first-order valence-corrected chi connectivity index (χ1v) is 15.0. The molecule has 3 atom stereocenters. The van der Waals surface area contributed by atoms with Crippen molar-refractivity contribution in [2.45, 2.75) is 78.0 Å². The lowest BCUT2D eigenvalue weighted by molar-refractivity contribution is -0.171. The van der Waals surface area contributed by atoms with Gasteiger partial charge >= 0.3 is 5.97 Å². The summed E-state index contributed by atoms with van der Waals surface area (Å²) in [5, 5.41) is 6.55. The highest BCUT2D eigenvalue weighted by atomic mass is 35.5. The summed E-state index contributed by atoms with van der Waals surface area (Å²) in [5.41, 5.74) is -1.61. The monoisotopic (exact) mass is 642 g/mol. The molecule has 0 saturated carbocycles. The van der Waals surface area contributed by atoms with E-state index in [-0.39, 0.29) is 18.1 Å². The quantitative estimate of drug-likeness (QED) is 0.322. The van der Waals surface area contributed by atoms with E-state index in [0.717, 1.165) is 0 Å². The number of ether oxygens (including phenoxy) is 2. The van der Waals surface area contributed by atoms with Crippen molar-refractivity contribution in [1.82, 2.24) is 10.6 Å². The van der Waals surface area contributed by atoms with Gasteiger partial charge in [-0.3, -0.25) is 9.59 Å². The minimum Gasteiger partial charge on any atom is -0.476 e. The Balaban J connectivity index is 1.98. The zero-order valence-corrected chi connectivity index (χ0v) is 27.4. The fourth-order valence-electron chi connectivity index (χ4n) is 5.76. The maximum absolute atomic E-state index is 14.7. The zero-order chi connectivity index (χ0) is 32.8. The molecule has 2 amide bonds. The molecule has 2 aliphatic heterocycles. The molecule has 2 heterocycles. The molecule has 2 aromatic rings. The van der Waals surface area contributed by atoms with Crippen LogP contribution in [0.3, 0.4) is 0 Å². The molecule has 0 radical (unpaired) electrons. The first kappa shape index (κ1) is 33.3. The van der Waals surface area contributed by atoms with Gasteiger partial charge in [-0.05, 0) is 102 Å². The summed E-state index contributed by atoms with van der Waals surface area (Å²) in [5.74, 6) is -2.66. The number of amides is 2. The molecule has 1 spiro atoms. The summed E-state index contributed by atoms with van der Waals surface area (Å²) in [6, 6.07) is 7.99. The highest BCUT2D eigenvalue weighted by Gasteiger charge is 2.62. The third-order valence-electron chi connectivity index (χ3n) is 7.86. The van der Waals surface area contributed by atoms with Gasteiger partial charge in [0, 0.05) is 33.7 Å². The van der Waals surface area contributed by atoms with Crippen LogP contribution >= 0.6 is 23.2 Å². The van der Waals surface area contributed by atoms with Crippen LogP contribution in [-0.2, 0) is 19.1 Å². The summed E-state index contributed by atoms with van der Waals surface area (Å²) >= 11 is 12.9. The number of benzene rings is 2. The molecular formula is C34H37Cl2FN2O5. The Morgan fingerprint density at radius 2 is 1.80 bits per heavy atom. The highest BCUT2D eigenvalue weighted by molar-refractivity contribution is 6.31. The van der Waals surface area contributed by atoms with Crippen molar-refractivity contribution in [1.29, 1.82) is 0 Å². The van der Waals surface area contributed by atoms with E-state index >= 15 is 0 Å². The predicted molar refractivity (Wildman–Crippen MR) is 169 cm³/mol. The summed E-state index contributed by atoms with van der Waals surface area (Å²) in [6.07, 6.45) is 3.08. The number of aryl methyl sites for hydroxylation is 1. The number of piperidine rings is 1. The predicted octanol–water partition coefficient (Wildman–Crippen LogP) is 7.33.